The molecular weight excluding hydrogens is 400 g/mol. The predicted molar refractivity (Wildman–Crippen MR) is 114 cm³/mol. The van der Waals surface area contributed by atoms with Crippen LogP contribution in [0.3, 0.4) is 0 Å². The molecule has 1 aliphatic heterocycles. The van der Waals surface area contributed by atoms with Crippen LogP contribution >= 0.6 is 23.4 Å². The number of methoxy groups -OCH3 is 1. The second-order valence-electron chi connectivity index (χ2n) is 6.40. The van der Waals surface area contributed by atoms with E-state index >= 15 is 0 Å². The molecule has 0 saturated heterocycles. The van der Waals surface area contributed by atoms with Crippen LogP contribution < -0.4 is 0 Å². The summed E-state index contributed by atoms with van der Waals surface area (Å²) in [6, 6.07) is 7.29. The van der Waals surface area contributed by atoms with Crippen LogP contribution in [0.5, 0.6) is 0 Å². The molecule has 0 aliphatic carbocycles. The first-order chi connectivity index (χ1) is 13.4. The van der Waals surface area contributed by atoms with Crippen molar-refractivity contribution in [2.75, 3.05) is 25.2 Å². The van der Waals surface area contributed by atoms with Crippen molar-refractivity contribution < 1.29 is 19.4 Å². The third-order valence-electron chi connectivity index (χ3n) is 4.27. The fourth-order valence-electron chi connectivity index (χ4n) is 2.87. The van der Waals surface area contributed by atoms with Crippen LogP contribution in [0.15, 0.2) is 35.1 Å². The third kappa shape index (κ3) is 6.87. The summed E-state index contributed by atoms with van der Waals surface area (Å²) < 4.78 is 5.45. The topological polar surface area (TPSA) is 79.2 Å². The molecule has 1 heterocycles. The van der Waals surface area contributed by atoms with E-state index in [1.54, 1.807) is 30.0 Å². The van der Waals surface area contributed by atoms with Crippen LogP contribution in [0, 0.1) is 5.92 Å². The van der Waals surface area contributed by atoms with Gasteiger partial charge in [-0.25, -0.2) is 5.01 Å². The normalized spacial score (nSPS) is 17.9. The number of carboxylic acid groups (broad SMARTS) is 1. The fourth-order valence-corrected chi connectivity index (χ4v) is 3.90. The van der Waals surface area contributed by atoms with Crippen molar-refractivity contribution in [2.24, 2.45) is 11.0 Å². The molecule has 0 saturated carbocycles. The summed E-state index contributed by atoms with van der Waals surface area (Å²) in [5, 5.41) is 15.5. The van der Waals surface area contributed by atoms with Gasteiger partial charge >= 0.3 is 5.97 Å². The van der Waals surface area contributed by atoms with Gasteiger partial charge in [0.15, 0.2) is 0 Å². The SMILES string of the molecule is CCSCC1CCC(CC(=O)O)=NN(C/C(=C/c2cccc(Cl)c2)OC)C1=O. The zero-order valence-corrected chi connectivity index (χ0v) is 17.6. The summed E-state index contributed by atoms with van der Waals surface area (Å²) in [5.41, 5.74) is 1.35. The van der Waals surface area contributed by atoms with E-state index in [1.807, 2.05) is 19.1 Å². The molecule has 1 aromatic rings. The van der Waals surface area contributed by atoms with Gasteiger partial charge in [0.25, 0.3) is 0 Å². The van der Waals surface area contributed by atoms with E-state index in [-0.39, 0.29) is 24.8 Å². The number of amides is 1. The van der Waals surface area contributed by atoms with E-state index in [4.69, 9.17) is 21.4 Å². The lowest BCUT2D eigenvalue weighted by molar-refractivity contribution is -0.136. The van der Waals surface area contributed by atoms with Crippen molar-refractivity contribution in [1.29, 1.82) is 0 Å². The van der Waals surface area contributed by atoms with E-state index in [0.29, 0.717) is 35.1 Å². The number of carbonyl (C=O) groups is 2. The van der Waals surface area contributed by atoms with Gasteiger partial charge in [0.2, 0.25) is 5.91 Å². The summed E-state index contributed by atoms with van der Waals surface area (Å²) in [5.74, 6) is 0.915. The number of carbonyl (C=O) groups excluding carboxylic acids is 1. The van der Waals surface area contributed by atoms with Crippen molar-refractivity contribution >= 4 is 47.0 Å². The second-order valence-corrected chi connectivity index (χ2v) is 8.15. The number of aliphatic carboxylic acids is 1. The van der Waals surface area contributed by atoms with E-state index < -0.39 is 5.97 Å². The van der Waals surface area contributed by atoms with Gasteiger partial charge in [-0.3, -0.25) is 9.59 Å². The van der Waals surface area contributed by atoms with E-state index in [2.05, 4.69) is 5.10 Å². The van der Waals surface area contributed by atoms with Crippen LogP contribution in [0.4, 0.5) is 0 Å². The molecule has 0 aromatic heterocycles. The number of rotatable bonds is 9. The van der Waals surface area contributed by atoms with Crippen molar-refractivity contribution in [3.8, 4) is 0 Å². The Bertz CT molecular complexity index is 766. The number of hydrogen-bond donors (Lipinski definition) is 1. The molecule has 8 heteroatoms. The van der Waals surface area contributed by atoms with Crippen molar-refractivity contribution in [3.63, 3.8) is 0 Å². The number of carboxylic acids is 1. The molecule has 28 heavy (non-hydrogen) atoms. The Morgan fingerprint density at radius 1 is 1.50 bits per heavy atom. The van der Waals surface area contributed by atoms with Gasteiger partial charge in [0.1, 0.15) is 12.3 Å². The summed E-state index contributed by atoms with van der Waals surface area (Å²) >= 11 is 7.73. The number of ether oxygens (including phenoxy) is 1. The van der Waals surface area contributed by atoms with Crippen LogP contribution in [-0.2, 0) is 14.3 Å². The molecule has 152 valence electrons. The maximum absolute atomic E-state index is 13.0. The molecule has 1 N–H and O–H groups in total. The first-order valence-electron chi connectivity index (χ1n) is 9.10. The minimum atomic E-state index is -0.950. The summed E-state index contributed by atoms with van der Waals surface area (Å²) in [7, 11) is 1.53. The summed E-state index contributed by atoms with van der Waals surface area (Å²) in [6.45, 7) is 2.19. The smallest absolute Gasteiger partial charge is 0.309 e. The average Bonchev–Trinajstić information content (AvgIpc) is 2.78. The minimum Gasteiger partial charge on any atom is -0.499 e. The summed E-state index contributed by atoms with van der Waals surface area (Å²) in [4.78, 5) is 24.1. The molecular formula is C20H25ClN2O4S. The van der Waals surface area contributed by atoms with Crippen molar-refractivity contribution in [2.45, 2.75) is 26.2 Å². The van der Waals surface area contributed by atoms with Gasteiger partial charge in [0, 0.05) is 22.4 Å². The number of halogens is 1. The van der Waals surface area contributed by atoms with E-state index in [1.165, 1.54) is 12.1 Å². The van der Waals surface area contributed by atoms with E-state index in [0.717, 1.165) is 11.3 Å². The van der Waals surface area contributed by atoms with Crippen LogP contribution in [0.2, 0.25) is 5.02 Å². The second kappa shape index (κ2) is 11.1. The molecule has 0 spiro atoms. The van der Waals surface area contributed by atoms with Gasteiger partial charge in [-0.2, -0.15) is 16.9 Å². The zero-order valence-electron chi connectivity index (χ0n) is 16.1. The molecule has 1 aromatic carbocycles. The van der Waals surface area contributed by atoms with Crippen molar-refractivity contribution in [1.82, 2.24) is 5.01 Å². The molecule has 1 unspecified atom stereocenters. The monoisotopic (exact) mass is 424 g/mol. The Morgan fingerprint density at radius 3 is 2.93 bits per heavy atom. The molecule has 0 radical (unpaired) electrons. The molecule has 1 atom stereocenters. The lowest BCUT2D eigenvalue weighted by Gasteiger charge is -2.22. The predicted octanol–water partition coefficient (Wildman–Crippen LogP) is 4.15. The molecule has 6 nitrogen and oxygen atoms in total. The maximum atomic E-state index is 13.0. The van der Waals surface area contributed by atoms with Gasteiger partial charge in [-0.05, 0) is 42.4 Å². The lowest BCUT2D eigenvalue weighted by atomic mass is 10.0. The van der Waals surface area contributed by atoms with Crippen molar-refractivity contribution in [3.05, 3.63) is 40.6 Å². The number of hydrazone groups is 1. The Hall–Kier alpha value is -1.99. The first-order valence-corrected chi connectivity index (χ1v) is 10.6. The van der Waals surface area contributed by atoms with Gasteiger partial charge in [0.05, 0.1) is 13.5 Å². The van der Waals surface area contributed by atoms with Gasteiger partial charge in [-0.15, -0.1) is 0 Å². The highest BCUT2D eigenvalue weighted by Gasteiger charge is 2.29. The highest BCUT2D eigenvalue weighted by atomic mass is 35.5. The van der Waals surface area contributed by atoms with Gasteiger partial charge < -0.3 is 9.84 Å². The number of nitrogens with zero attached hydrogens (tertiary/aromatic N) is 2. The number of hydrogen-bond acceptors (Lipinski definition) is 5. The third-order valence-corrected chi connectivity index (χ3v) is 5.55. The highest BCUT2D eigenvalue weighted by Crippen LogP contribution is 2.23. The summed E-state index contributed by atoms with van der Waals surface area (Å²) in [6.07, 6.45) is 2.74. The van der Waals surface area contributed by atoms with Crippen LogP contribution in [0.25, 0.3) is 6.08 Å². The molecule has 1 aliphatic rings. The molecule has 1 amide bonds. The maximum Gasteiger partial charge on any atom is 0.309 e. The quantitative estimate of drug-likeness (QED) is 0.602. The number of thioether (sulfide) groups is 1. The Kier molecular flexibility index (Phi) is 8.86. The standard InChI is InChI=1S/C20H25ClN2O4S/c1-3-28-13-15-7-8-17(11-19(24)25)22-23(20(15)26)12-18(27-2)10-14-5-4-6-16(21)9-14/h4-6,9-10,15H,3,7-8,11-13H2,1-2H3,(H,24,25)/b18-10-. The fraction of sp³-hybridized carbons (Fsp3) is 0.450. The van der Waals surface area contributed by atoms with Crippen LogP contribution in [-0.4, -0.2) is 52.9 Å². The lowest BCUT2D eigenvalue weighted by Crippen LogP contribution is -2.34. The number of benzene rings is 1. The Morgan fingerprint density at radius 2 is 2.29 bits per heavy atom. The van der Waals surface area contributed by atoms with E-state index in [9.17, 15) is 9.59 Å². The largest absolute Gasteiger partial charge is 0.499 e. The highest BCUT2D eigenvalue weighted by molar-refractivity contribution is 7.99. The molecule has 0 fully saturated rings. The molecule has 2 rings (SSSR count). The Labute approximate surface area is 174 Å². The van der Waals surface area contributed by atoms with Gasteiger partial charge in [-0.1, -0.05) is 30.7 Å². The first kappa shape index (κ1) is 22.3. The minimum absolute atomic E-state index is 0.101. The average molecular weight is 425 g/mol. The molecule has 0 bridgehead atoms. The van der Waals surface area contributed by atoms with Crippen LogP contribution in [0.1, 0.15) is 31.7 Å². The zero-order chi connectivity index (χ0) is 20.5. The Balaban J connectivity index is 2.26.